The van der Waals surface area contributed by atoms with Gasteiger partial charge >= 0.3 is 0 Å². The fourth-order valence-corrected chi connectivity index (χ4v) is 5.33. The summed E-state index contributed by atoms with van der Waals surface area (Å²) in [7, 11) is -3.61. The highest BCUT2D eigenvalue weighted by atomic mass is 32.3. The number of thioether (sulfide) groups is 1. The van der Waals surface area contributed by atoms with E-state index in [1.165, 1.54) is 19.1 Å². The number of hydrogen-bond donors (Lipinski definition) is 1. The number of carbonyl (C=O) groups is 1. The molecule has 0 aromatic heterocycles. The largest absolute Gasteiger partial charge is 0.490 e. The second-order valence-corrected chi connectivity index (χ2v) is 10.7. The molecule has 0 atom stereocenters. The minimum absolute atomic E-state index is 0.00143. The summed E-state index contributed by atoms with van der Waals surface area (Å²) in [6.07, 6.45) is 1.45. The van der Waals surface area contributed by atoms with Gasteiger partial charge < -0.3 is 9.47 Å². The summed E-state index contributed by atoms with van der Waals surface area (Å²) in [4.78, 5) is 16.5. The lowest BCUT2D eigenvalue weighted by atomic mass is 10.1. The Morgan fingerprint density at radius 2 is 1.91 bits per heavy atom. The second-order valence-electron chi connectivity index (χ2n) is 7.31. The van der Waals surface area contributed by atoms with Gasteiger partial charge in [-0.15, -0.1) is 5.10 Å². The standard InChI is InChI=1S/C23H21FN4O5S2/c1-3-32-19-12-14(9-10-18(19)33-13-15-7-5-6-8-17(15)24)11-16-20(25)28-22(26-21(16)29)34-23(27-28)35(30,31)4-2/h5-12,25H,3-4,13H2,1-2H3/b16-11+,25-20?. The molecule has 0 saturated carbocycles. The average molecular weight is 517 g/mol. The maximum atomic E-state index is 13.9. The maximum absolute atomic E-state index is 13.9. The van der Waals surface area contributed by atoms with Crippen LogP contribution >= 0.6 is 11.8 Å². The number of nitrogens with zero attached hydrogens (tertiary/aromatic N) is 3. The summed E-state index contributed by atoms with van der Waals surface area (Å²) in [5.41, 5.74) is 0.857. The van der Waals surface area contributed by atoms with Crippen LogP contribution in [-0.2, 0) is 21.2 Å². The SMILES string of the molecule is CCOc1cc(/C=C2\C(=N)N3N=C(S(=O)(=O)CC)SC3=NC2=O)ccc1OCc1ccccc1F. The van der Waals surface area contributed by atoms with Crippen LogP contribution in [0.4, 0.5) is 4.39 Å². The molecule has 0 bridgehead atoms. The van der Waals surface area contributed by atoms with Crippen molar-refractivity contribution in [3.8, 4) is 11.5 Å². The Kier molecular flexibility index (Phi) is 7.03. The summed E-state index contributed by atoms with van der Waals surface area (Å²) >= 11 is 0.743. The van der Waals surface area contributed by atoms with Gasteiger partial charge in [0.1, 0.15) is 12.4 Å². The van der Waals surface area contributed by atoms with Crippen molar-refractivity contribution in [2.75, 3.05) is 12.4 Å². The van der Waals surface area contributed by atoms with E-state index in [2.05, 4.69) is 10.1 Å². The number of hydrazone groups is 1. The number of fused-ring (bicyclic) bond motifs is 1. The van der Waals surface area contributed by atoms with Crippen LogP contribution in [0.15, 0.2) is 58.1 Å². The number of hydrogen-bond acceptors (Lipinski definition) is 8. The quantitative estimate of drug-likeness (QED) is 0.555. The van der Waals surface area contributed by atoms with Gasteiger partial charge in [0.2, 0.25) is 19.4 Å². The zero-order valence-electron chi connectivity index (χ0n) is 18.8. The fraction of sp³-hybridized carbons (Fsp3) is 0.217. The van der Waals surface area contributed by atoms with Crippen LogP contribution in [0.3, 0.4) is 0 Å². The summed E-state index contributed by atoms with van der Waals surface area (Å²) in [6.45, 7) is 3.63. The van der Waals surface area contributed by atoms with Gasteiger partial charge in [-0.05, 0) is 48.5 Å². The molecule has 2 aromatic carbocycles. The highest BCUT2D eigenvalue weighted by Gasteiger charge is 2.39. The number of halogens is 1. The van der Waals surface area contributed by atoms with Crippen molar-refractivity contribution >= 4 is 49.0 Å². The van der Waals surface area contributed by atoms with Gasteiger partial charge in [0, 0.05) is 5.56 Å². The first-order valence-corrected chi connectivity index (χ1v) is 13.1. The summed E-state index contributed by atoms with van der Waals surface area (Å²) in [6, 6.07) is 11.2. The van der Waals surface area contributed by atoms with Crippen molar-refractivity contribution in [2.45, 2.75) is 20.5 Å². The molecule has 2 heterocycles. The van der Waals surface area contributed by atoms with Crippen molar-refractivity contribution in [1.29, 1.82) is 5.41 Å². The Labute approximate surface area is 205 Å². The van der Waals surface area contributed by atoms with Gasteiger partial charge in [0.25, 0.3) is 5.91 Å². The molecule has 2 aliphatic heterocycles. The lowest BCUT2D eigenvalue weighted by molar-refractivity contribution is -0.114. The Balaban J connectivity index is 1.60. The van der Waals surface area contributed by atoms with E-state index in [1.54, 1.807) is 43.3 Å². The van der Waals surface area contributed by atoms with Crippen molar-refractivity contribution in [1.82, 2.24) is 5.01 Å². The molecule has 0 fully saturated rings. The molecule has 2 aromatic rings. The maximum Gasteiger partial charge on any atom is 0.283 e. The van der Waals surface area contributed by atoms with E-state index in [0.717, 1.165) is 16.8 Å². The third-order valence-corrected chi connectivity index (χ3v) is 8.09. The zero-order chi connectivity index (χ0) is 25.2. The number of ether oxygens (including phenoxy) is 2. The molecule has 0 unspecified atom stereocenters. The highest BCUT2D eigenvalue weighted by molar-refractivity contribution is 8.42. The van der Waals surface area contributed by atoms with Gasteiger partial charge in [-0.1, -0.05) is 31.2 Å². The molecule has 182 valence electrons. The molecule has 0 aliphatic carbocycles. The lowest BCUT2D eigenvalue weighted by Gasteiger charge is -2.20. The topological polar surface area (TPSA) is 121 Å². The molecule has 0 radical (unpaired) electrons. The van der Waals surface area contributed by atoms with Crippen LogP contribution < -0.4 is 9.47 Å². The molecule has 9 nitrogen and oxygen atoms in total. The summed E-state index contributed by atoms with van der Waals surface area (Å²) in [5, 5.41) is 13.5. The lowest BCUT2D eigenvalue weighted by Crippen LogP contribution is -2.35. The number of carbonyl (C=O) groups excluding carboxylic acids is 1. The molecular weight excluding hydrogens is 495 g/mol. The number of amides is 1. The smallest absolute Gasteiger partial charge is 0.283 e. The van der Waals surface area contributed by atoms with Crippen LogP contribution in [0.5, 0.6) is 11.5 Å². The summed E-state index contributed by atoms with van der Waals surface area (Å²) < 4.78 is 49.4. The molecule has 35 heavy (non-hydrogen) atoms. The number of amidine groups is 2. The molecule has 4 rings (SSSR count). The number of rotatable bonds is 7. The Morgan fingerprint density at radius 1 is 1.14 bits per heavy atom. The van der Waals surface area contributed by atoms with Gasteiger partial charge in [-0.2, -0.15) is 10.0 Å². The van der Waals surface area contributed by atoms with E-state index in [-0.39, 0.29) is 39.1 Å². The number of sulfone groups is 1. The van der Waals surface area contributed by atoms with Crippen LogP contribution in [0.25, 0.3) is 6.08 Å². The van der Waals surface area contributed by atoms with Gasteiger partial charge in [-0.25, -0.2) is 12.8 Å². The first kappa shape index (κ1) is 24.6. The molecule has 2 aliphatic rings. The van der Waals surface area contributed by atoms with Crippen molar-refractivity contribution < 1.29 is 27.1 Å². The van der Waals surface area contributed by atoms with Crippen molar-refractivity contribution in [3.63, 3.8) is 0 Å². The zero-order valence-corrected chi connectivity index (χ0v) is 20.5. The third kappa shape index (κ3) is 5.13. The second kappa shape index (κ2) is 10.0. The van der Waals surface area contributed by atoms with E-state index < -0.39 is 15.7 Å². The van der Waals surface area contributed by atoms with Gasteiger partial charge in [-0.3, -0.25) is 10.2 Å². The number of aliphatic imine (C=N–C) groups is 1. The van der Waals surface area contributed by atoms with Crippen LogP contribution in [-0.4, -0.2) is 47.1 Å². The van der Waals surface area contributed by atoms with E-state index in [4.69, 9.17) is 14.9 Å². The minimum atomic E-state index is -3.61. The van der Waals surface area contributed by atoms with Crippen LogP contribution in [0, 0.1) is 11.2 Å². The summed E-state index contributed by atoms with van der Waals surface area (Å²) in [5.74, 6) is -0.738. The predicted octanol–water partition coefficient (Wildman–Crippen LogP) is 3.81. The van der Waals surface area contributed by atoms with E-state index in [1.807, 2.05) is 0 Å². The Hall–Kier alpha value is -3.51. The third-order valence-electron chi connectivity index (χ3n) is 5.00. The molecular formula is C23H21FN4O5S2. The van der Waals surface area contributed by atoms with E-state index in [9.17, 15) is 17.6 Å². The first-order chi connectivity index (χ1) is 16.7. The Morgan fingerprint density at radius 3 is 2.63 bits per heavy atom. The van der Waals surface area contributed by atoms with Gasteiger partial charge in [0.15, 0.2) is 17.3 Å². The average Bonchev–Trinajstić information content (AvgIpc) is 3.27. The molecule has 1 amide bonds. The van der Waals surface area contributed by atoms with Crippen molar-refractivity contribution in [2.24, 2.45) is 10.1 Å². The number of benzene rings is 2. The van der Waals surface area contributed by atoms with E-state index in [0.29, 0.717) is 29.2 Å². The normalized spacial score (nSPS) is 16.8. The monoisotopic (exact) mass is 516 g/mol. The highest BCUT2D eigenvalue weighted by Crippen LogP contribution is 2.33. The first-order valence-electron chi connectivity index (χ1n) is 10.6. The van der Waals surface area contributed by atoms with Gasteiger partial charge in [0.05, 0.1) is 17.9 Å². The van der Waals surface area contributed by atoms with Crippen LogP contribution in [0.2, 0.25) is 0 Å². The fourth-order valence-electron chi connectivity index (χ4n) is 3.16. The molecule has 0 saturated heterocycles. The molecule has 1 N–H and O–H groups in total. The predicted molar refractivity (Wildman–Crippen MR) is 133 cm³/mol. The molecule has 0 spiro atoms. The van der Waals surface area contributed by atoms with Crippen LogP contribution in [0.1, 0.15) is 25.0 Å². The number of nitrogens with one attached hydrogen (secondary N) is 1. The Bertz CT molecular complexity index is 1400. The molecule has 12 heteroatoms. The minimum Gasteiger partial charge on any atom is -0.490 e. The van der Waals surface area contributed by atoms with Crippen molar-refractivity contribution in [3.05, 3.63) is 65.0 Å². The van der Waals surface area contributed by atoms with E-state index >= 15 is 0 Å².